The quantitative estimate of drug-likeness (QED) is 0.654. The van der Waals surface area contributed by atoms with Crippen LogP contribution in [-0.2, 0) is 6.42 Å². The summed E-state index contributed by atoms with van der Waals surface area (Å²) >= 11 is 0. The third-order valence-corrected chi connectivity index (χ3v) is 5.82. The number of carbonyl (C=O) groups is 1. The normalized spacial score (nSPS) is 22.4. The van der Waals surface area contributed by atoms with Crippen molar-refractivity contribution in [2.24, 2.45) is 0 Å². The van der Waals surface area contributed by atoms with Crippen LogP contribution in [0.25, 0.3) is 0 Å². The van der Waals surface area contributed by atoms with Gasteiger partial charge < -0.3 is 15.0 Å². The fourth-order valence-electron chi connectivity index (χ4n) is 4.13. The molecule has 0 bridgehead atoms. The van der Waals surface area contributed by atoms with Crippen LogP contribution in [0.2, 0.25) is 0 Å². The van der Waals surface area contributed by atoms with Crippen molar-refractivity contribution < 1.29 is 13.9 Å². The monoisotopic (exact) mass is 412 g/mol. The molecule has 2 aliphatic rings. The van der Waals surface area contributed by atoms with Crippen molar-refractivity contribution in [3.63, 3.8) is 0 Å². The molecule has 1 saturated heterocycles. The van der Waals surface area contributed by atoms with Gasteiger partial charge in [0.25, 0.3) is 0 Å². The zero-order valence-corrected chi connectivity index (χ0v) is 17.2. The maximum Gasteiger partial charge on any atom is 0.317 e. The van der Waals surface area contributed by atoms with E-state index in [9.17, 15) is 9.18 Å². The van der Waals surface area contributed by atoms with Gasteiger partial charge in [-0.15, -0.1) is 0 Å². The molecule has 7 heteroatoms. The van der Waals surface area contributed by atoms with E-state index in [2.05, 4.69) is 22.2 Å². The maximum absolute atomic E-state index is 13.4. The largest absolute Gasteiger partial charge is 0.488 e. The van der Waals surface area contributed by atoms with Crippen LogP contribution >= 0.6 is 0 Å². The fraction of sp³-hybridized carbons (Fsp3) is 0.435. The van der Waals surface area contributed by atoms with Gasteiger partial charge in [0.15, 0.2) is 0 Å². The number of halogens is 1. The third-order valence-electron chi connectivity index (χ3n) is 5.82. The molecule has 0 aliphatic carbocycles. The van der Waals surface area contributed by atoms with Gasteiger partial charge in [-0.1, -0.05) is 30.3 Å². The average molecular weight is 413 g/mol. The molecule has 160 valence electrons. The Balaban J connectivity index is 1.13. The summed E-state index contributed by atoms with van der Waals surface area (Å²) < 4.78 is 19.3. The summed E-state index contributed by atoms with van der Waals surface area (Å²) in [5, 5.41) is 2.97. The number of nitrogens with zero attached hydrogens (tertiary/aromatic N) is 1. The molecule has 1 fully saturated rings. The van der Waals surface area contributed by atoms with Crippen molar-refractivity contribution in [1.29, 1.82) is 0 Å². The summed E-state index contributed by atoms with van der Waals surface area (Å²) in [6.07, 6.45) is 3.56. The molecule has 2 amide bonds. The molecule has 30 heavy (non-hydrogen) atoms. The molecule has 3 atom stereocenters. The van der Waals surface area contributed by atoms with Gasteiger partial charge in [0.1, 0.15) is 17.7 Å². The Morgan fingerprint density at radius 3 is 2.93 bits per heavy atom. The van der Waals surface area contributed by atoms with E-state index in [1.165, 1.54) is 11.6 Å². The third kappa shape index (κ3) is 5.09. The highest BCUT2D eigenvalue weighted by molar-refractivity contribution is 5.73. The molecule has 2 aliphatic heterocycles. The Morgan fingerprint density at radius 1 is 1.23 bits per heavy atom. The molecule has 3 N–H and O–H groups in total. The van der Waals surface area contributed by atoms with Gasteiger partial charge in [-0.05, 0) is 48.6 Å². The van der Waals surface area contributed by atoms with E-state index < -0.39 is 0 Å². The van der Waals surface area contributed by atoms with Gasteiger partial charge in [-0.2, -0.15) is 0 Å². The van der Waals surface area contributed by atoms with Crippen LogP contribution in [0.1, 0.15) is 36.4 Å². The van der Waals surface area contributed by atoms with Gasteiger partial charge >= 0.3 is 6.03 Å². The highest BCUT2D eigenvalue weighted by Crippen LogP contribution is 2.28. The van der Waals surface area contributed by atoms with Gasteiger partial charge in [-0.25, -0.2) is 9.18 Å². The highest BCUT2D eigenvalue weighted by Gasteiger charge is 2.25. The summed E-state index contributed by atoms with van der Waals surface area (Å²) in [5.41, 5.74) is 8.69. The number of amides is 2. The lowest BCUT2D eigenvalue weighted by Gasteiger charge is -2.20. The topological polar surface area (TPSA) is 65.6 Å². The predicted octanol–water partition coefficient (Wildman–Crippen LogP) is 3.16. The number of para-hydroxylation sites is 1. The van der Waals surface area contributed by atoms with Gasteiger partial charge in [-0.3, -0.25) is 10.9 Å². The maximum atomic E-state index is 13.4. The average Bonchev–Trinajstić information content (AvgIpc) is 3.38. The molecule has 4 rings (SSSR count). The number of benzene rings is 2. The van der Waals surface area contributed by atoms with Crippen molar-refractivity contribution >= 4 is 6.03 Å². The predicted molar refractivity (Wildman–Crippen MR) is 114 cm³/mol. The van der Waals surface area contributed by atoms with Crippen LogP contribution in [0.5, 0.6) is 5.75 Å². The summed E-state index contributed by atoms with van der Waals surface area (Å²) in [6.45, 7) is 1.18. The van der Waals surface area contributed by atoms with E-state index >= 15 is 0 Å². The van der Waals surface area contributed by atoms with E-state index in [1.807, 2.05) is 31.3 Å². The van der Waals surface area contributed by atoms with Crippen LogP contribution < -0.4 is 20.9 Å². The molecule has 0 saturated carbocycles. The van der Waals surface area contributed by atoms with Gasteiger partial charge in [0.05, 0.1) is 6.54 Å². The number of rotatable bonds is 7. The van der Waals surface area contributed by atoms with Crippen LogP contribution in [-0.4, -0.2) is 43.2 Å². The number of carbonyl (C=O) groups excluding carboxylic acids is 1. The molecule has 0 spiro atoms. The SMILES string of the molecule is CN(CCCC1CC(c2cccc(F)c2)NN1)C(=O)NCC1Cc2ccccc2O1. The van der Waals surface area contributed by atoms with Crippen molar-refractivity contribution in [2.75, 3.05) is 20.1 Å². The van der Waals surface area contributed by atoms with Crippen LogP contribution in [0.3, 0.4) is 0 Å². The van der Waals surface area contributed by atoms with E-state index in [1.54, 1.807) is 17.0 Å². The number of hydrogen-bond acceptors (Lipinski definition) is 4. The fourth-order valence-corrected chi connectivity index (χ4v) is 4.13. The zero-order chi connectivity index (χ0) is 20.9. The number of hydrazine groups is 1. The van der Waals surface area contributed by atoms with Crippen LogP contribution in [0.15, 0.2) is 48.5 Å². The first-order valence-corrected chi connectivity index (χ1v) is 10.6. The molecule has 2 aromatic carbocycles. The van der Waals surface area contributed by atoms with Crippen LogP contribution in [0.4, 0.5) is 9.18 Å². The Morgan fingerprint density at radius 2 is 2.10 bits per heavy atom. The van der Waals surface area contributed by atoms with E-state index in [0.29, 0.717) is 19.1 Å². The number of nitrogens with one attached hydrogen (secondary N) is 3. The Hall–Kier alpha value is -2.64. The van der Waals surface area contributed by atoms with Crippen LogP contribution in [0, 0.1) is 5.82 Å². The molecule has 3 unspecified atom stereocenters. The lowest BCUT2D eigenvalue weighted by atomic mass is 9.99. The van der Waals surface area contributed by atoms with E-state index in [4.69, 9.17) is 4.74 Å². The van der Waals surface area contributed by atoms with Crippen molar-refractivity contribution in [2.45, 2.75) is 43.9 Å². The zero-order valence-electron chi connectivity index (χ0n) is 17.2. The molecule has 6 nitrogen and oxygen atoms in total. The minimum absolute atomic E-state index is 0.00623. The molecule has 2 aromatic rings. The minimum Gasteiger partial charge on any atom is -0.488 e. The summed E-state index contributed by atoms with van der Waals surface area (Å²) in [4.78, 5) is 14.1. The second-order valence-electron chi connectivity index (χ2n) is 8.13. The summed E-state index contributed by atoms with van der Waals surface area (Å²) in [5.74, 6) is 0.705. The molecule has 0 aromatic heterocycles. The molecular weight excluding hydrogens is 383 g/mol. The lowest BCUT2D eigenvalue weighted by Crippen LogP contribution is -2.42. The summed E-state index contributed by atoms with van der Waals surface area (Å²) in [6, 6.07) is 15.1. The van der Waals surface area contributed by atoms with Gasteiger partial charge in [0.2, 0.25) is 0 Å². The standard InChI is InChI=1S/C23H29FN4O2/c1-28(23(29)25-15-20-13-17-6-2-3-10-22(17)30-20)11-5-9-19-14-21(27-26-19)16-7-4-8-18(24)12-16/h2-4,6-8,10,12,19-21,26-27H,5,9,11,13-15H2,1H3,(H,25,29). The van der Waals surface area contributed by atoms with Crippen molar-refractivity contribution in [3.05, 3.63) is 65.5 Å². The molecule has 0 radical (unpaired) electrons. The Labute approximate surface area is 176 Å². The number of ether oxygens (including phenoxy) is 1. The minimum atomic E-state index is -0.211. The van der Waals surface area contributed by atoms with E-state index in [-0.39, 0.29) is 24.0 Å². The lowest BCUT2D eigenvalue weighted by molar-refractivity contribution is 0.192. The Bertz CT molecular complexity index is 853. The number of fused-ring (bicyclic) bond motifs is 1. The second-order valence-corrected chi connectivity index (χ2v) is 8.13. The van der Waals surface area contributed by atoms with Crippen molar-refractivity contribution in [3.8, 4) is 5.75 Å². The Kier molecular flexibility index (Phi) is 6.50. The number of urea groups is 1. The summed E-state index contributed by atoms with van der Waals surface area (Å²) in [7, 11) is 1.81. The van der Waals surface area contributed by atoms with E-state index in [0.717, 1.165) is 37.0 Å². The first-order chi connectivity index (χ1) is 14.6. The van der Waals surface area contributed by atoms with Gasteiger partial charge in [0, 0.05) is 32.1 Å². The molecular formula is C23H29FN4O2. The second kappa shape index (κ2) is 9.45. The first kappa shape index (κ1) is 20.6. The van der Waals surface area contributed by atoms with Crippen molar-refractivity contribution in [1.82, 2.24) is 21.1 Å². The number of hydrogen-bond donors (Lipinski definition) is 3. The first-order valence-electron chi connectivity index (χ1n) is 10.6. The molecule has 2 heterocycles. The highest BCUT2D eigenvalue weighted by atomic mass is 19.1. The smallest absolute Gasteiger partial charge is 0.317 e.